The molecule has 0 aliphatic rings. The molecule has 0 spiro atoms. The topological polar surface area (TPSA) is 29.1 Å². The molecule has 0 atom stereocenters. The molecule has 2 nitrogen and oxygen atoms in total. The SMILES string of the molecule is Cc1c(F)cccc1NC(=O)CCl. The van der Waals surface area contributed by atoms with E-state index in [2.05, 4.69) is 5.32 Å². The van der Waals surface area contributed by atoms with Gasteiger partial charge in [0.2, 0.25) is 5.91 Å². The Morgan fingerprint density at radius 1 is 1.62 bits per heavy atom. The molecule has 0 aromatic heterocycles. The first-order valence-corrected chi connectivity index (χ1v) is 4.29. The molecule has 0 bridgehead atoms. The minimum atomic E-state index is -0.340. The second kappa shape index (κ2) is 4.23. The van der Waals surface area contributed by atoms with Gasteiger partial charge in [-0.15, -0.1) is 11.6 Å². The summed E-state index contributed by atoms with van der Waals surface area (Å²) in [7, 11) is 0. The van der Waals surface area contributed by atoms with E-state index in [4.69, 9.17) is 11.6 Å². The quantitative estimate of drug-likeness (QED) is 0.731. The maximum Gasteiger partial charge on any atom is 0.239 e. The molecular formula is C9H9ClFNO. The zero-order valence-corrected chi connectivity index (χ0v) is 7.86. The van der Waals surface area contributed by atoms with Gasteiger partial charge in [-0.25, -0.2) is 4.39 Å². The lowest BCUT2D eigenvalue weighted by Gasteiger charge is -2.06. The highest BCUT2D eigenvalue weighted by atomic mass is 35.5. The fourth-order valence-electron chi connectivity index (χ4n) is 0.926. The van der Waals surface area contributed by atoms with Crippen LogP contribution in [0, 0.1) is 12.7 Å². The van der Waals surface area contributed by atoms with Crippen LogP contribution in [0.2, 0.25) is 0 Å². The van der Waals surface area contributed by atoms with E-state index >= 15 is 0 Å². The lowest BCUT2D eigenvalue weighted by molar-refractivity contribution is -0.113. The first kappa shape index (κ1) is 9.99. The summed E-state index contributed by atoms with van der Waals surface area (Å²) >= 11 is 5.29. The van der Waals surface area contributed by atoms with E-state index in [1.165, 1.54) is 12.1 Å². The molecule has 4 heteroatoms. The number of rotatable bonds is 2. The summed E-state index contributed by atoms with van der Waals surface area (Å²) in [6, 6.07) is 4.50. The summed E-state index contributed by atoms with van der Waals surface area (Å²) in [5.74, 6) is -0.807. The first-order chi connectivity index (χ1) is 6.15. The van der Waals surface area contributed by atoms with Gasteiger partial charge in [-0.1, -0.05) is 6.07 Å². The summed E-state index contributed by atoms with van der Waals surface area (Å²) in [5, 5.41) is 2.49. The van der Waals surface area contributed by atoms with Crippen molar-refractivity contribution in [3.8, 4) is 0 Å². The number of anilines is 1. The number of nitrogens with one attached hydrogen (secondary N) is 1. The van der Waals surface area contributed by atoms with E-state index in [0.717, 1.165) is 0 Å². The normalized spacial score (nSPS) is 9.77. The summed E-state index contributed by atoms with van der Waals surface area (Å²) in [5.41, 5.74) is 0.881. The smallest absolute Gasteiger partial charge is 0.239 e. The Morgan fingerprint density at radius 3 is 2.92 bits per heavy atom. The molecule has 13 heavy (non-hydrogen) atoms. The van der Waals surface area contributed by atoms with Crippen molar-refractivity contribution in [3.05, 3.63) is 29.6 Å². The maximum absolute atomic E-state index is 12.9. The van der Waals surface area contributed by atoms with Crippen LogP contribution < -0.4 is 5.32 Å². The fourth-order valence-corrected chi connectivity index (χ4v) is 0.993. The van der Waals surface area contributed by atoms with E-state index in [0.29, 0.717) is 11.3 Å². The van der Waals surface area contributed by atoms with Gasteiger partial charge in [0.15, 0.2) is 0 Å². The zero-order chi connectivity index (χ0) is 9.84. The Labute approximate surface area is 80.7 Å². The third-order valence-corrected chi connectivity index (χ3v) is 1.91. The van der Waals surface area contributed by atoms with E-state index in [1.807, 2.05) is 0 Å². The molecule has 0 saturated heterocycles. The van der Waals surface area contributed by atoms with Gasteiger partial charge < -0.3 is 5.32 Å². The van der Waals surface area contributed by atoms with Crippen molar-refractivity contribution in [2.75, 3.05) is 11.2 Å². The minimum absolute atomic E-state index is 0.129. The lowest BCUT2D eigenvalue weighted by atomic mass is 10.2. The minimum Gasteiger partial charge on any atom is -0.325 e. The second-order valence-electron chi connectivity index (χ2n) is 2.59. The van der Waals surface area contributed by atoms with E-state index < -0.39 is 0 Å². The summed E-state index contributed by atoms with van der Waals surface area (Å²) in [6.07, 6.45) is 0. The number of hydrogen-bond donors (Lipinski definition) is 1. The van der Waals surface area contributed by atoms with Crippen LogP contribution in [0.1, 0.15) is 5.56 Å². The predicted octanol–water partition coefficient (Wildman–Crippen LogP) is 2.31. The number of carbonyl (C=O) groups is 1. The number of halogens is 2. The van der Waals surface area contributed by atoms with Crippen molar-refractivity contribution < 1.29 is 9.18 Å². The molecule has 1 N–H and O–H groups in total. The average molecular weight is 202 g/mol. The van der Waals surface area contributed by atoms with Crippen molar-refractivity contribution in [1.29, 1.82) is 0 Å². The monoisotopic (exact) mass is 201 g/mol. The molecule has 1 aromatic carbocycles. The Morgan fingerprint density at radius 2 is 2.31 bits per heavy atom. The van der Waals surface area contributed by atoms with Crippen LogP contribution in [0.3, 0.4) is 0 Å². The highest BCUT2D eigenvalue weighted by Gasteiger charge is 2.05. The van der Waals surface area contributed by atoms with Crippen molar-refractivity contribution in [2.45, 2.75) is 6.92 Å². The molecule has 0 aliphatic heterocycles. The fraction of sp³-hybridized carbons (Fsp3) is 0.222. The van der Waals surface area contributed by atoms with Crippen molar-refractivity contribution in [2.24, 2.45) is 0 Å². The lowest BCUT2D eigenvalue weighted by Crippen LogP contribution is -2.13. The second-order valence-corrected chi connectivity index (χ2v) is 2.86. The number of benzene rings is 1. The number of amides is 1. The summed E-state index contributed by atoms with van der Waals surface area (Å²) in [4.78, 5) is 10.9. The summed E-state index contributed by atoms with van der Waals surface area (Å²) < 4.78 is 12.9. The molecule has 0 fully saturated rings. The van der Waals surface area contributed by atoms with Crippen LogP contribution in [0.15, 0.2) is 18.2 Å². The Bertz CT molecular complexity index is 327. The van der Waals surface area contributed by atoms with Crippen LogP contribution in [-0.4, -0.2) is 11.8 Å². The van der Waals surface area contributed by atoms with Gasteiger partial charge in [-0.3, -0.25) is 4.79 Å². The van der Waals surface area contributed by atoms with E-state index in [9.17, 15) is 9.18 Å². The third kappa shape index (κ3) is 2.42. The molecule has 0 saturated carbocycles. The zero-order valence-electron chi connectivity index (χ0n) is 7.10. The van der Waals surface area contributed by atoms with Gasteiger partial charge in [0.25, 0.3) is 0 Å². The van der Waals surface area contributed by atoms with Crippen LogP contribution in [0.5, 0.6) is 0 Å². The largest absolute Gasteiger partial charge is 0.325 e. The standard InChI is InChI=1S/C9H9ClFNO/c1-6-7(11)3-2-4-8(6)12-9(13)5-10/h2-4H,5H2,1H3,(H,12,13). The van der Waals surface area contributed by atoms with Gasteiger partial charge in [-0.05, 0) is 19.1 Å². The van der Waals surface area contributed by atoms with Gasteiger partial charge in [-0.2, -0.15) is 0 Å². The highest BCUT2D eigenvalue weighted by molar-refractivity contribution is 6.29. The molecule has 70 valence electrons. The number of alkyl halides is 1. The van der Waals surface area contributed by atoms with Crippen molar-refractivity contribution >= 4 is 23.2 Å². The summed E-state index contributed by atoms with van der Waals surface area (Å²) in [6.45, 7) is 1.60. The molecule has 0 aliphatic carbocycles. The third-order valence-electron chi connectivity index (χ3n) is 1.66. The molecule has 1 aromatic rings. The number of carbonyl (C=O) groups excluding carboxylic acids is 1. The van der Waals surface area contributed by atoms with Crippen molar-refractivity contribution in [3.63, 3.8) is 0 Å². The molecule has 0 radical (unpaired) electrons. The molecule has 1 rings (SSSR count). The maximum atomic E-state index is 12.9. The van der Waals surface area contributed by atoms with Gasteiger partial charge in [0, 0.05) is 11.3 Å². The van der Waals surface area contributed by atoms with Crippen LogP contribution in [0.25, 0.3) is 0 Å². The van der Waals surface area contributed by atoms with Crippen LogP contribution in [0.4, 0.5) is 10.1 Å². The Kier molecular flexibility index (Phi) is 3.25. The molecule has 1 amide bonds. The molecule has 0 unspecified atom stereocenters. The van der Waals surface area contributed by atoms with Crippen LogP contribution in [-0.2, 0) is 4.79 Å². The van der Waals surface area contributed by atoms with Crippen LogP contribution >= 0.6 is 11.6 Å². The van der Waals surface area contributed by atoms with Gasteiger partial charge in [0.05, 0.1) is 0 Å². The van der Waals surface area contributed by atoms with Gasteiger partial charge >= 0.3 is 0 Å². The van der Waals surface area contributed by atoms with Crippen molar-refractivity contribution in [1.82, 2.24) is 0 Å². The molecular weight excluding hydrogens is 193 g/mol. The first-order valence-electron chi connectivity index (χ1n) is 3.76. The highest BCUT2D eigenvalue weighted by Crippen LogP contribution is 2.17. The molecule has 0 heterocycles. The van der Waals surface area contributed by atoms with E-state index in [1.54, 1.807) is 13.0 Å². The average Bonchev–Trinajstić information content (AvgIpc) is 2.13. The van der Waals surface area contributed by atoms with E-state index in [-0.39, 0.29) is 17.6 Å². The predicted molar refractivity (Wildman–Crippen MR) is 50.5 cm³/mol. The number of hydrogen-bond acceptors (Lipinski definition) is 1. The van der Waals surface area contributed by atoms with Gasteiger partial charge in [0.1, 0.15) is 11.7 Å². The Balaban J connectivity index is 2.89. The Hall–Kier alpha value is -1.09.